The molecule has 3 heterocycles. The summed E-state index contributed by atoms with van der Waals surface area (Å²) in [6.45, 7) is 1.25. The van der Waals surface area contributed by atoms with Crippen LogP contribution in [-0.4, -0.2) is 42.2 Å². The highest BCUT2D eigenvalue weighted by Gasteiger charge is 2.38. The van der Waals surface area contributed by atoms with Crippen molar-refractivity contribution in [3.05, 3.63) is 108 Å². The van der Waals surface area contributed by atoms with Crippen molar-refractivity contribution in [3.63, 3.8) is 0 Å². The van der Waals surface area contributed by atoms with Gasteiger partial charge in [0.2, 0.25) is 0 Å². The Morgan fingerprint density at radius 3 is 2.33 bits per heavy atom. The SMILES string of the molecule is FC(F)(F)c1ccc2nc(-c3ccc(-c4cccc(CNCc5cnn(-c6ccccc6)n5)c4)s3)[nH]c2c1.O=C(O)C(F)(F)F. The molecule has 0 atom stereocenters. The summed E-state index contributed by atoms with van der Waals surface area (Å²) in [6.07, 6.45) is -7.72. The molecule has 0 spiro atoms. The second-order valence-electron chi connectivity index (χ2n) is 9.55. The second kappa shape index (κ2) is 12.9. The van der Waals surface area contributed by atoms with Crippen LogP contribution >= 0.6 is 11.3 Å². The van der Waals surface area contributed by atoms with Crippen molar-refractivity contribution in [1.29, 1.82) is 0 Å². The predicted octanol–water partition coefficient (Wildman–Crippen LogP) is 7.48. The zero-order valence-electron chi connectivity index (χ0n) is 22.9. The third-order valence-electron chi connectivity index (χ3n) is 6.26. The molecule has 3 aromatic carbocycles. The number of aliphatic carboxylic acids is 1. The molecule has 0 saturated heterocycles. The van der Waals surface area contributed by atoms with E-state index in [1.165, 1.54) is 17.4 Å². The summed E-state index contributed by atoms with van der Waals surface area (Å²) in [6, 6.07) is 25.5. The first-order chi connectivity index (χ1) is 21.4. The summed E-state index contributed by atoms with van der Waals surface area (Å²) < 4.78 is 70.9. The first kappa shape index (κ1) is 31.4. The lowest BCUT2D eigenvalue weighted by Crippen LogP contribution is -2.21. The van der Waals surface area contributed by atoms with E-state index in [-0.39, 0.29) is 0 Å². The monoisotopic (exact) mass is 644 g/mol. The minimum absolute atomic E-state index is 0.363. The van der Waals surface area contributed by atoms with Crippen molar-refractivity contribution >= 4 is 28.3 Å². The molecule has 0 bridgehead atoms. The number of carboxylic acid groups (broad SMARTS) is 1. The van der Waals surface area contributed by atoms with E-state index in [0.717, 1.165) is 44.4 Å². The minimum Gasteiger partial charge on any atom is -0.475 e. The van der Waals surface area contributed by atoms with Gasteiger partial charge in [-0.2, -0.15) is 41.3 Å². The van der Waals surface area contributed by atoms with Crippen LogP contribution in [-0.2, 0) is 24.1 Å². The van der Waals surface area contributed by atoms with Crippen LogP contribution in [0.1, 0.15) is 16.8 Å². The van der Waals surface area contributed by atoms with E-state index < -0.39 is 23.9 Å². The first-order valence-electron chi connectivity index (χ1n) is 13.1. The van der Waals surface area contributed by atoms with Crippen molar-refractivity contribution in [2.45, 2.75) is 25.4 Å². The minimum atomic E-state index is -5.08. The van der Waals surface area contributed by atoms with Crippen molar-refractivity contribution in [3.8, 4) is 26.8 Å². The molecule has 0 aliphatic carbocycles. The largest absolute Gasteiger partial charge is 0.490 e. The lowest BCUT2D eigenvalue weighted by Gasteiger charge is -2.05. The van der Waals surface area contributed by atoms with Crippen molar-refractivity contribution in [2.75, 3.05) is 0 Å². The first-order valence-corrected chi connectivity index (χ1v) is 13.9. The van der Waals surface area contributed by atoms with Crippen molar-refractivity contribution < 1.29 is 36.2 Å². The van der Waals surface area contributed by atoms with Crippen LogP contribution in [0.25, 0.3) is 37.9 Å². The lowest BCUT2D eigenvalue weighted by molar-refractivity contribution is -0.192. The zero-order valence-corrected chi connectivity index (χ0v) is 23.7. The number of carboxylic acids is 1. The number of alkyl halides is 6. The topological polar surface area (TPSA) is 109 Å². The fourth-order valence-corrected chi connectivity index (χ4v) is 5.10. The third kappa shape index (κ3) is 7.93. The number of rotatable bonds is 7. The van der Waals surface area contributed by atoms with Crippen LogP contribution in [0, 0.1) is 0 Å². The predicted molar refractivity (Wildman–Crippen MR) is 155 cm³/mol. The smallest absolute Gasteiger partial charge is 0.475 e. The van der Waals surface area contributed by atoms with Crippen LogP contribution in [0.4, 0.5) is 26.3 Å². The second-order valence-corrected chi connectivity index (χ2v) is 10.6. The Labute approximate surface area is 255 Å². The number of imidazole rings is 1. The van der Waals surface area contributed by atoms with Gasteiger partial charge in [0.1, 0.15) is 5.82 Å². The van der Waals surface area contributed by atoms with Gasteiger partial charge in [0.05, 0.1) is 39.1 Å². The van der Waals surface area contributed by atoms with Gasteiger partial charge in [-0.3, -0.25) is 0 Å². The van der Waals surface area contributed by atoms with Crippen LogP contribution in [0.15, 0.2) is 91.1 Å². The molecule has 6 aromatic rings. The average Bonchev–Trinajstić information content (AvgIpc) is 3.77. The summed E-state index contributed by atoms with van der Waals surface area (Å²) in [4.78, 5) is 19.9. The Kier molecular flexibility index (Phi) is 9.01. The van der Waals surface area contributed by atoms with Crippen LogP contribution in [0.2, 0.25) is 0 Å². The van der Waals surface area contributed by atoms with Gasteiger partial charge >= 0.3 is 18.3 Å². The number of H-pyrrole nitrogens is 1. The van der Waals surface area contributed by atoms with Gasteiger partial charge in [0.25, 0.3) is 0 Å². The van der Waals surface area contributed by atoms with Gasteiger partial charge in [0, 0.05) is 18.0 Å². The van der Waals surface area contributed by atoms with Crippen LogP contribution < -0.4 is 5.32 Å². The molecule has 0 aliphatic rings. The number of para-hydroxylation sites is 1. The Balaban J connectivity index is 0.000000515. The maximum absolute atomic E-state index is 13.1. The number of benzene rings is 3. The third-order valence-corrected chi connectivity index (χ3v) is 7.41. The molecule has 15 heteroatoms. The number of aromatic amines is 1. The molecule has 6 rings (SSSR count). The maximum Gasteiger partial charge on any atom is 0.490 e. The van der Waals surface area contributed by atoms with Gasteiger partial charge in [-0.25, -0.2) is 9.78 Å². The Morgan fingerprint density at radius 1 is 0.889 bits per heavy atom. The number of carbonyl (C=O) groups is 1. The number of hydrogen-bond acceptors (Lipinski definition) is 6. The van der Waals surface area contributed by atoms with E-state index >= 15 is 0 Å². The number of aromatic nitrogens is 5. The van der Waals surface area contributed by atoms with Crippen molar-refractivity contribution in [1.82, 2.24) is 30.3 Å². The fourth-order valence-electron chi connectivity index (χ4n) is 4.15. The van der Waals surface area contributed by atoms with Crippen LogP contribution in [0.3, 0.4) is 0 Å². The number of hydrogen-bond donors (Lipinski definition) is 3. The van der Waals surface area contributed by atoms with Gasteiger partial charge in [-0.15, -0.1) is 11.3 Å². The van der Waals surface area contributed by atoms with E-state index in [4.69, 9.17) is 9.90 Å². The molecule has 8 nitrogen and oxygen atoms in total. The number of halogens is 6. The van der Waals surface area contributed by atoms with Crippen LogP contribution in [0.5, 0.6) is 0 Å². The molecule has 3 aromatic heterocycles. The molecule has 0 amide bonds. The number of nitrogens with zero attached hydrogens (tertiary/aromatic N) is 4. The van der Waals surface area contributed by atoms with Gasteiger partial charge in [-0.1, -0.05) is 36.4 Å². The van der Waals surface area contributed by atoms with Gasteiger partial charge in [-0.05, 0) is 59.7 Å². The zero-order chi connectivity index (χ0) is 32.2. The number of thiophene rings is 1. The summed E-state index contributed by atoms with van der Waals surface area (Å²) in [5.41, 5.74) is 4.11. The van der Waals surface area contributed by atoms with E-state index in [0.29, 0.717) is 29.9 Å². The molecule has 0 aliphatic heterocycles. The lowest BCUT2D eigenvalue weighted by atomic mass is 10.1. The molecule has 45 heavy (non-hydrogen) atoms. The summed E-state index contributed by atoms with van der Waals surface area (Å²) in [5.74, 6) is -2.20. The Bertz CT molecular complexity index is 1910. The summed E-state index contributed by atoms with van der Waals surface area (Å²) in [7, 11) is 0. The van der Waals surface area contributed by atoms with Gasteiger partial charge < -0.3 is 15.4 Å². The molecule has 0 saturated carbocycles. The molecular formula is C30H22F6N6O2S. The molecule has 0 unspecified atom stereocenters. The van der Waals surface area contributed by atoms with Crippen molar-refractivity contribution in [2.24, 2.45) is 0 Å². The maximum atomic E-state index is 13.1. The van der Waals surface area contributed by atoms with Gasteiger partial charge in [0.15, 0.2) is 0 Å². The highest BCUT2D eigenvalue weighted by atomic mass is 32.1. The molecule has 0 fully saturated rings. The Hall–Kier alpha value is -5.02. The summed E-state index contributed by atoms with van der Waals surface area (Å²) in [5, 5.41) is 19.4. The molecule has 0 radical (unpaired) electrons. The van der Waals surface area contributed by atoms with E-state index in [9.17, 15) is 26.3 Å². The fraction of sp³-hybridized carbons (Fsp3) is 0.133. The highest BCUT2D eigenvalue weighted by Crippen LogP contribution is 2.36. The highest BCUT2D eigenvalue weighted by molar-refractivity contribution is 7.18. The van der Waals surface area contributed by atoms with E-state index in [1.807, 2.05) is 54.6 Å². The standard InChI is InChI=1S/C28H21F3N6S.C2HF3O2/c29-28(30,31)20-9-10-23-24(14-20)35-27(34-23)26-12-11-25(38-26)19-6-4-5-18(13-19)15-32-16-21-17-33-37(36-21)22-7-2-1-3-8-22;3-2(4,5)1(6)7/h1-14,17,32H,15-16H2,(H,34,35);(H,6,7). The normalized spacial score (nSPS) is 11.8. The average molecular weight is 645 g/mol. The molecule has 3 N–H and O–H groups in total. The number of fused-ring (bicyclic) bond motifs is 1. The van der Waals surface area contributed by atoms with E-state index in [1.54, 1.807) is 11.0 Å². The molecule has 232 valence electrons. The van der Waals surface area contributed by atoms with E-state index in [2.05, 4.69) is 37.6 Å². The quantitative estimate of drug-likeness (QED) is 0.156. The number of nitrogens with one attached hydrogen (secondary N) is 2. The molecular weight excluding hydrogens is 622 g/mol. The Morgan fingerprint density at radius 2 is 1.62 bits per heavy atom. The summed E-state index contributed by atoms with van der Waals surface area (Å²) >= 11 is 1.54.